The van der Waals surface area contributed by atoms with Crippen LogP contribution in [0, 0.1) is 0 Å². The molecular weight excluding hydrogens is 204 g/mol. The van der Waals surface area contributed by atoms with Crippen LogP contribution in [0.3, 0.4) is 0 Å². The van der Waals surface area contributed by atoms with Crippen LogP contribution in [-0.4, -0.2) is 0 Å². The highest BCUT2D eigenvalue weighted by atomic mass is 35.5. The van der Waals surface area contributed by atoms with E-state index in [1.165, 1.54) is 44.9 Å². The first-order valence-corrected chi connectivity index (χ1v) is 6.56. The van der Waals surface area contributed by atoms with Gasteiger partial charge in [0.25, 0.3) is 0 Å². The molecule has 0 amide bonds. The first-order valence-electron chi connectivity index (χ1n) is 6.18. The van der Waals surface area contributed by atoms with Gasteiger partial charge in [0.15, 0.2) is 0 Å². The SMILES string of the molecule is C=C(C)C=C(Cl)CCCCCCCCC. The van der Waals surface area contributed by atoms with Crippen LogP contribution in [0.5, 0.6) is 0 Å². The maximum atomic E-state index is 6.04. The minimum absolute atomic E-state index is 0.955. The van der Waals surface area contributed by atoms with Crippen molar-refractivity contribution in [2.45, 2.75) is 65.2 Å². The van der Waals surface area contributed by atoms with Crippen molar-refractivity contribution in [3.8, 4) is 0 Å². The Labute approximate surface area is 100 Å². The Morgan fingerprint density at radius 2 is 1.60 bits per heavy atom. The number of unbranched alkanes of at least 4 members (excludes halogenated alkanes) is 6. The zero-order valence-electron chi connectivity index (χ0n) is 10.3. The zero-order chi connectivity index (χ0) is 11.5. The Morgan fingerprint density at radius 1 is 1.07 bits per heavy atom. The number of allylic oxidation sites excluding steroid dienone is 3. The molecule has 0 saturated carbocycles. The monoisotopic (exact) mass is 228 g/mol. The van der Waals surface area contributed by atoms with E-state index in [9.17, 15) is 0 Å². The van der Waals surface area contributed by atoms with Crippen LogP contribution in [0.2, 0.25) is 0 Å². The van der Waals surface area contributed by atoms with Crippen molar-refractivity contribution in [2.24, 2.45) is 0 Å². The molecule has 0 aliphatic carbocycles. The summed E-state index contributed by atoms with van der Waals surface area (Å²) in [7, 11) is 0. The van der Waals surface area contributed by atoms with E-state index in [-0.39, 0.29) is 0 Å². The number of hydrogen-bond acceptors (Lipinski definition) is 0. The van der Waals surface area contributed by atoms with E-state index in [1.54, 1.807) is 0 Å². The van der Waals surface area contributed by atoms with Gasteiger partial charge in [0.2, 0.25) is 0 Å². The van der Waals surface area contributed by atoms with Gasteiger partial charge in [0.1, 0.15) is 0 Å². The lowest BCUT2D eigenvalue weighted by atomic mass is 10.1. The number of hydrogen-bond donors (Lipinski definition) is 0. The van der Waals surface area contributed by atoms with Crippen LogP contribution in [0.25, 0.3) is 0 Å². The maximum absolute atomic E-state index is 6.04. The standard InChI is InChI=1S/C14H25Cl/c1-4-5-6-7-8-9-10-11-14(15)12-13(2)3/h12H,2,4-11H2,1,3H3. The van der Waals surface area contributed by atoms with E-state index in [4.69, 9.17) is 11.6 Å². The van der Waals surface area contributed by atoms with Crippen molar-refractivity contribution in [2.75, 3.05) is 0 Å². The molecule has 1 heteroatoms. The normalized spacial score (nSPS) is 11.8. The molecule has 0 N–H and O–H groups in total. The molecule has 15 heavy (non-hydrogen) atoms. The van der Waals surface area contributed by atoms with Gasteiger partial charge in [-0.3, -0.25) is 0 Å². The van der Waals surface area contributed by atoms with E-state index in [1.807, 2.05) is 13.0 Å². The van der Waals surface area contributed by atoms with Crippen molar-refractivity contribution < 1.29 is 0 Å². The Balaban J connectivity index is 3.27. The van der Waals surface area contributed by atoms with Gasteiger partial charge >= 0.3 is 0 Å². The maximum Gasteiger partial charge on any atom is 0.0183 e. The largest absolute Gasteiger partial charge is 0.0961 e. The molecule has 0 atom stereocenters. The van der Waals surface area contributed by atoms with E-state index in [2.05, 4.69) is 13.5 Å². The summed E-state index contributed by atoms with van der Waals surface area (Å²) >= 11 is 6.04. The summed E-state index contributed by atoms with van der Waals surface area (Å²) < 4.78 is 0. The molecule has 0 rings (SSSR count). The third-order valence-electron chi connectivity index (χ3n) is 2.42. The topological polar surface area (TPSA) is 0 Å². The molecule has 0 fully saturated rings. The second kappa shape index (κ2) is 10.3. The average molecular weight is 229 g/mol. The fourth-order valence-corrected chi connectivity index (χ4v) is 1.91. The molecule has 0 aromatic heterocycles. The summed E-state index contributed by atoms with van der Waals surface area (Å²) in [6.07, 6.45) is 12.4. The van der Waals surface area contributed by atoms with Gasteiger partial charge in [-0.15, -0.1) is 0 Å². The molecule has 0 bridgehead atoms. The van der Waals surface area contributed by atoms with Crippen molar-refractivity contribution in [1.29, 1.82) is 0 Å². The minimum atomic E-state index is 0.955. The molecule has 0 radical (unpaired) electrons. The van der Waals surface area contributed by atoms with Gasteiger partial charge in [-0.25, -0.2) is 0 Å². The molecule has 0 heterocycles. The Morgan fingerprint density at radius 3 is 2.13 bits per heavy atom. The highest BCUT2D eigenvalue weighted by Gasteiger charge is 1.94. The number of halogens is 1. The second-order valence-electron chi connectivity index (χ2n) is 4.31. The van der Waals surface area contributed by atoms with Crippen LogP contribution in [0.15, 0.2) is 23.3 Å². The van der Waals surface area contributed by atoms with E-state index < -0.39 is 0 Å². The van der Waals surface area contributed by atoms with Gasteiger partial charge in [0.05, 0.1) is 0 Å². The van der Waals surface area contributed by atoms with E-state index in [0.717, 1.165) is 17.0 Å². The molecule has 0 unspecified atom stereocenters. The lowest BCUT2D eigenvalue weighted by Crippen LogP contribution is -1.81. The molecule has 0 aromatic rings. The third kappa shape index (κ3) is 11.7. The summed E-state index contributed by atoms with van der Waals surface area (Å²) in [5, 5.41) is 0.955. The lowest BCUT2D eigenvalue weighted by molar-refractivity contribution is 0.591. The first kappa shape index (κ1) is 14.8. The predicted octanol–water partition coefficient (Wildman–Crippen LogP) is 5.83. The van der Waals surface area contributed by atoms with E-state index in [0.29, 0.717) is 0 Å². The fraction of sp³-hybridized carbons (Fsp3) is 0.714. The second-order valence-corrected chi connectivity index (χ2v) is 4.79. The quantitative estimate of drug-likeness (QED) is 0.344. The third-order valence-corrected chi connectivity index (χ3v) is 2.72. The van der Waals surface area contributed by atoms with Crippen LogP contribution < -0.4 is 0 Å². The summed E-state index contributed by atoms with van der Waals surface area (Å²) in [5.74, 6) is 0. The van der Waals surface area contributed by atoms with Crippen molar-refractivity contribution in [1.82, 2.24) is 0 Å². The average Bonchev–Trinajstić information content (AvgIpc) is 2.15. The van der Waals surface area contributed by atoms with E-state index >= 15 is 0 Å². The van der Waals surface area contributed by atoms with Gasteiger partial charge < -0.3 is 0 Å². The van der Waals surface area contributed by atoms with Gasteiger partial charge in [-0.1, -0.05) is 69.2 Å². The van der Waals surface area contributed by atoms with Gasteiger partial charge in [-0.2, -0.15) is 0 Å². The zero-order valence-corrected chi connectivity index (χ0v) is 11.1. The van der Waals surface area contributed by atoms with Crippen LogP contribution >= 0.6 is 11.6 Å². The molecule has 0 nitrogen and oxygen atoms in total. The predicted molar refractivity (Wildman–Crippen MR) is 71.4 cm³/mol. The van der Waals surface area contributed by atoms with Crippen LogP contribution in [0.4, 0.5) is 0 Å². The molecule has 0 aliphatic rings. The Hall–Kier alpha value is -0.230. The Bertz CT molecular complexity index is 192. The summed E-state index contributed by atoms with van der Waals surface area (Å²) in [5.41, 5.74) is 1.04. The highest BCUT2D eigenvalue weighted by Crippen LogP contribution is 2.16. The van der Waals surface area contributed by atoms with Crippen LogP contribution in [-0.2, 0) is 0 Å². The van der Waals surface area contributed by atoms with Crippen LogP contribution in [0.1, 0.15) is 65.2 Å². The summed E-state index contributed by atoms with van der Waals surface area (Å²) in [6.45, 7) is 8.04. The minimum Gasteiger partial charge on any atom is -0.0961 e. The smallest absolute Gasteiger partial charge is 0.0183 e. The Kier molecular flexibility index (Phi) is 10.1. The molecular formula is C14H25Cl. The molecule has 0 aromatic carbocycles. The van der Waals surface area contributed by atoms with Crippen molar-refractivity contribution >= 4 is 11.6 Å². The molecule has 0 saturated heterocycles. The number of rotatable bonds is 9. The summed E-state index contributed by atoms with van der Waals surface area (Å²) in [4.78, 5) is 0. The van der Waals surface area contributed by atoms with Gasteiger partial charge in [0, 0.05) is 5.03 Å². The molecule has 0 aliphatic heterocycles. The highest BCUT2D eigenvalue weighted by molar-refractivity contribution is 6.29. The van der Waals surface area contributed by atoms with Crippen molar-refractivity contribution in [3.05, 3.63) is 23.3 Å². The summed E-state index contributed by atoms with van der Waals surface area (Å²) in [6, 6.07) is 0. The molecule has 0 spiro atoms. The first-order chi connectivity index (χ1) is 7.16. The fourth-order valence-electron chi connectivity index (χ4n) is 1.59. The van der Waals surface area contributed by atoms with Crippen molar-refractivity contribution in [3.63, 3.8) is 0 Å². The lowest BCUT2D eigenvalue weighted by Gasteiger charge is -2.01. The van der Waals surface area contributed by atoms with Gasteiger partial charge in [-0.05, 0) is 25.8 Å². The molecule has 88 valence electrons.